The Kier molecular flexibility index (Phi) is 8.15. The summed E-state index contributed by atoms with van der Waals surface area (Å²) >= 11 is 2.63. The van der Waals surface area contributed by atoms with E-state index in [2.05, 4.69) is 4.98 Å². The second-order valence-electron chi connectivity index (χ2n) is 8.68. The van der Waals surface area contributed by atoms with Crippen molar-refractivity contribution in [3.05, 3.63) is 32.1 Å². The molecular formula is C23H28N2O8S2. The zero-order chi connectivity index (χ0) is 25.1. The Hall–Kier alpha value is -2.41. The van der Waals surface area contributed by atoms with E-state index in [1.54, 1.807) is 23.9 Å². The van der Waals surface area contributed by atoms with Crippen molar-refractivity contribution in [2.24, 2.45) is 11.8 Å². The van der Waals surface area contributed by atoms with Crippen LogP contribution in [0.5, 0.6) is 0 Å². The van der Waals surface area contributed by atoms with Crippen LogP contribution in [0.2, 0.25) is 0 Å². The third kappa shape index (κ3) is 5.25. The van der Waals surface area contributed by atoms with E-state index >= 15 is 0 Å². The normalized spacial score (nSPS) is 25.1. The summed E-state index contributed by atoms with van der Waals surface area (Å²) in [6, 6.07) is -0.370. The molecule has 2 aliphatic heterocycles. The molecule has 3 heterocycles. The van der Waals surface area contributed by atoms with Gasteiger partial charge < -0.3 is 29.3 Å². The third-order valence-electron chi connectivity index (χ3n) is 6.47. The zero-order valence-corrected chi connectivity index (χ0v) is 21.0. The number of rotatable bonds is 9. The first-order chi connectivity index (χ1) is 16.8. The van der Waals surface area contributed by atoms with Gasteiger partial charge in [0.1, 0.15) is 11.8 Å². The molecule has 0 radical (unpaired) electrons. The molecule has 12 heteroatoms. The summed E-state index contributed by atoms with van der Waals surface area (Å²) in [6.45, 7) is 2.62. The van der Waals surface area contributed by atoms with Crippen molar-refractivity contribution in [1.29, 1.82) is 0 Å². The number of aromatic nitrogens is 1. The number of ether oxygens (including phenoxy) is 3. The summed E-state index contributed by atoms with van der Waals surface area (Å²) < 4.78 is 15.2. The molecule has 2 fully saturated rings. The first-order valence-corrected chi connectivity index (χ1v) is 13.2. The van der Waals surface area contributed by atoms with E-state index < -0.39 is 30.9 Å². The molecular weight excluding hydrogens is 496 g/mol. The maximum absolute atomic E-state index is 13.0. The maximum Gasteiger partial charge on any atom is 0.511 e. The van der Waals surface area contributed by atoms with Crippen LogP contribution in [0.4, 0.5) is 4.79 Å². The minimum absolute atomic E-state index is 0.0819. The highest BCUT2D eigenvalue weighted by Gasteiger charge is 2.60. The van der Waals surface area contributed by atoms with Crippen LogP contribution in [0.25, 0.3) is 6.08 Å². The van der Waals surface area contributed by atoms with E-state index in [0.717, 1.165) is 30.6 Å². The number of amides is 1. The molecule has 1 saturated heterocycles. The number of hydrogen-bond donors (Lipinski definition) is 2. The highest BCUT2D eigenvalue weighted by atomic mass is 32.2. The molecule has 1 amide bonds. The third-order valence-corrected chi connectivity index (χ3v) is 8.40. The topological polar surface area (TPSA) is 135 Å². The Morgan fingerprint density at radius 1 is 1.34 bits per heavy atom. The van der Waals surface area contributed by atoms with Crippen LogP contribution in [-0.4, -0.2) is 63.2 Å². The van der Waals surface area contributed by atoms with Crippen LogP contribution in [0.15, 0.2) is 21.5 Å². The van der Waals surface area contributed by atoms with Crippen LogP contribution >= 0.6 is 23.1 Å². The second-order valence-corrected chi connectivity index (χ2v) is 10.5. The Balaban J connectivity index is 1.45. The highest BCUT2D eigenvalue weighted by molar-refractivity contribution is 8.06. The van der Waals surface area contributed by atoms with Crippen LogP contribution in [-0.2, 0) is 30.4 Å². The molecule has 10 nitrogen and oxygen atoms in total. The van der Waals surface area contributed by atoms with Gasteiger partial charge in [0.2, 0.25) is 12.7 Å². The molecule has 1 aromatic heterocycles. The molecule has 0 bridgehead atoms. The lowest BCUT2D eigenvalue weighted by Gasteiger charge is -2.46. The van der Waals surface area contributed by atoms with Gasteiger partial charge in [0.05, 0.1) is 40.8 Å². The van der Waals surface area contributed by atoms with Gasteiger partial charge in [-0.3, -0.25) is 4.79 Å². The van der Waals surface area contributed by atoms with Crippen LogP contribution in [0.3, 0.4) is 0 Å². The minimum atomic E-state index is -0.896. The molecule has 0 unspecified atom stereocenters. The minimum Gasteiger partial charge on any atom is -0.431 e. The van der Waals surface area contributed by atoms with Crippen molar-refractivity contribution >= 4 is 47.2 Å². The quantitative estimate of drug-likeness (QED) is 0.282. The van der Waals surface area contributed by atoms with E-state index in [4.69, 9.17) is 14.2 Å². The molecule has 0 aromatic carbocycles. The van der Waals surface area contributed by atoms with Gasteiger partial charge in [-0.05, 0) is 44.1 Å². The van der Waals surface area contributed by atoms with Crippen molar-refractivity contribution in [2.45, 2.75) is 64.4 Å². The lowest BCUT2D eigenvalue weighted by Crippen LogP contribution is -2.63. The fourth-order valence-electron chi connectivity index (χ4n) is 4.75. The molecule has 1 aromatic rings. The van der Waals surface area contributed by atoms with Crippen molar-refractivity contribution < 1.29 is 38.8 Å². The van der Waals surface area contributed by atoms with Gasteiger partial charge in [-0.1, -0.05) is 18.7 Å². The van der Waals surface area contributed by atoms with Crippen LogP contribution < -0.4 is 0 Å². The molecule has 35 heavy (non-hydrogen) atoms. The van der Waals surface area contributed by atoms with Gasteiger partial charge in [0.25, 0.3) is 0 Å². The number of carbonyl (C=O) groups excluding carboxylic acids is 3. The number of thiazole rings is 1. The number of hydrogen-bond acceptors (Lipinski definition) is 11. The highest BCUT2D eigenvalue weighted by Crippen LogP contribution is 2.51. The summed E-state index contributed by atoms with van der Waals surface area (Å²) in [5.74, 6) is -1.99. The SMILES string of the molecule is C[C@@H](O)[C@H]1C(=O)N2C(C(=O)OCOC(=O)OC3CCCC3)=C(SC=Cc3scnc3CO)[C@H](C)[C@H]12. The number of fused-ring (bicyclic) bond motifs is 1. The number of β-lactam (4-membered cyclic amide) rings is 1. The summed E-state index contributed by atoms with van der Waals surface area (Å²) in [6.07, 6.45) is 3.42. The molecule has 4 atom stereocenters. The predicted octanol–water partition coefficient (Wildman–Crippen LogP) is 3.00. The van der Waals surface area contributed by atoms with Gasteiger partial charge in [0.15, 0.2) is 0 Å². The Morgan fingerprint density at radius 3 is 2.77 bits per heavy atom. The van der Waals surface area contributed by atoms with Crippen molar-refractivity contribution in [2.75, 3.05) is 6.79 Å². The summed E-state index contributed by atoms with van der Waals surface area (Å²) in [5.41, 5.74) is 2.26. The molecule has 4 rings (SSSR count). The first-order valence-electron chi connectivity index (χ1n) is 11.5. The van der Waals surface area contributed by atoms with Gasteiger partial charge in [0, 0.05) is 10.8 Å². The van der Waals surface area contributed by atoms with E-state index in [1.807, 2.05) is 6.92 Å². The monoisotopic (exact) mass is 524 g/mol. The molecule has 2 N–H and O–H groups in total. The van der Waals surface area contributed by atoms with E-state index in [0.29, 0.717) is 10.6 Å². The number of nitrogens with zero attached hydrogens (tertiary/aromatic N) is 2. The zero-order valence-electron chi connectivity index (χ0n) is 19.4. The van der Waals surface area contributed by atoms with Crippen molar-refractivity contribution in [3.63, 3.8) is 0 Å². The van der Waals surface area contributed by atoms with Gasteiger partial charge >= 0.3 is 12.1 Å². The lowest BCUT2D eigenvalue weighted by molar-refractivity contribution is -0.166. The largest absolute Gasteiger partial charge is 0.511 e. The van der Waals surface area contributed by atoms with E-state index in [9.17, 15) is 24.6 Å². The molecule has 1 aliphatic carbocycles. The number of thioether (sulfide) groups is 1. The van der Waals surface area contributed by atoms with E-state index in [1.165, 1.54) is 28.0 Å². The number of aliphatic hydroxyl groups is 2. The Bertz CT molecular complexity index is 1030. The summed E-state index contributed by atoms with van der Waals surface area (Å²) in [4.78, 5) is 44.4. The Morgan fingerprint density at radius 2 is 2.09 bits per heavy atom. The lowest BCUT2D eigenvalue weighted by atomic mass is 9.79. The molecule has 1 saturated carbocycles. The van der Waals surface area contributed by atoms with Crippen molar-refractivity contribution in [1.82, 2.24) is 9.88 Å². The average molecular weight is 525 g/mol. The molecule has 190 valence electrons. The maximum atomic E-state index is 13.0. The standard InChI is InChI=1S/C23H28N2O8S2/c1-12-18-17(13(2)27)21(28)25(18)19(20(12)34-8-7-16-15(9-26)24-10-35-16)22(29)31-11-32-23(30)33-14-5-3-4-6-14/h7-8,10,12-14,17-18,26-27H,3-6,9,11H2,1-2H3/t12-,13-,17-,18-/m1/s1. The predicted molar refractivity (Wildman–Crippen MR) is 127 cm³/mol. The number of esters is 1. The van der Waals surface area contributed by atoms with Gasteiger partial charge in [-0.25, -0.2) is 14.6 Å². The number of carbonyl (C=O) groups is 3. The molecule has 0 spiro atoms. The van der Waals surface area contributed by atoms with Gasteiger partial charge in [-0.15, -0.1) is 11.3 Å². The van der Waals surface area contributed by atoms with Crippen LogP contribution in [0, 0.1) is 11.8 Å². The fraction of sp³-hybridized carbons (Fsp3) is 0.565. The fourth-order valence-corrected chi connectivity index (χ4v) is 6.52. The average Bonchev–Trinajstić information content (AvgIpc) is 3.53. The first kappa shape index (κ1) is 25.7. The molecule has 3 aliphatic rings. The summed E-state index contributed by atoms with van der Waals surface area (Å²) in [5, 5.41) is 21.2. The summed E-state index contributed by atoms with van der Waals surface area (Å²) in [7, 11) is 0. The Labute approximate surface area is 210 Å². The smallest absolute Gasteiger partial charge is 0.431 e. The van der Waals surface area contributed by atoms with Gasteiger partial charge in [-0.2, -0.15) is 0 Å². The van der Waals surface area contributed by atoms with Crippen LogP contribution in [0.1, 0.15) is 50.1 Å². The second kappa shape index (κ2) is 11.1. The van der Waals surface area contributed by atoms with E-state index in [-0.39, 0.29) is 36.3 Å². The number of aliphatic hydroxyl groups excluding tert-OH is 2. The van der Waals surface area contributed by atoms with Crippen molar-refractivity contribution in [3.8, 4) is 0 Å².